The van der Waals surface area contributed by atoms with Crippen LogP contribution in [0.3, 0.4) is 0 Å². The third kappa shape index (κ3) is 34.9. The predicted molar refractivity (Wildman–Crippen MR) is 15.8 cm³/mol. The van der Waals surface area contributed by atoms with Crippen molar-refractivity contribution in [1.29, 1.82) is 0 Å². The summed E-state index contributed by atoms with van der Waals surface area (Å²) in [7, 11) is 0. The van der Waals surface area contributed by atoms with Crippen molar-refractivity contribution in [3.63, 3.8) is 0 Å². The molecule has 0 heterocycles. The van der Waals surface area contributed by atoms with E-state index in [1.807, 2.05) is 0 Å². The molecule has 2 N–H and O–H groups in total. The largest absolute Gasteiger partial charge is 0.349 e. The lowest BCUT2D eigenvalue weighted by Gasteiger charge is -1.69. The molecule has 31 valence electrons. The summed E-state index contributed by atoms with van der Waals surface area (Å²) in [5.41, 5.74) is 0. The molecule has 0 fully saturated rings. The minimum Gasteiger partial charge on any atom is -0.349 e. The van der Waals surface area contributed by atoms with Gasteiger partial charge in [-0.25, -0.2) is 5.26 Å². The maximum Gasteiger partial charge on any atom is 0.122 e. The van der Waals surface area contributed by atoms with E-state index in [2.05, 4.69) is 11.5 Å². The van der Waals surface area contributed by atoms with E-state index in [4.69, 9.17) is 5.26 Å². The topological polar surface area (TPSA) is 59.5 Å². The van der Waals surface area contributed by atoms with Gasteiger partial charge in [-0.05, 0) is 0 Å². The highest BCUT2D eigenvalue weighted by molar-refractivity contribution is 4.40. The first-order chi connectivity index (χ1) is 1.91. The second kappa shape index (κ2) is 9.82. The predicted octanol–water partition coefficient (Wildman–Crippen LogP) is 0.443. The van der Waals surface area contributed by atoms with Gasteiger partial charge >= 0.3 is 0 Å². The molecule has 3 nitrogen and oxygen atoms in total. The Morgan fingerprint density at radius 1 is 1.80 bits per heavy atom. The summed E-state index contributed by atoms with van der Waals surface area (Å²) >= 11 is 0. The van der Waals surface area contributed by atoms with Gasteiger partial charge in [0, 0.05) is 0 Å². The maximum atomic E-state index is 7.26. The molecule has 0 rings (SSSR count). The van der Waals surface area contributed by atoms with Crippen molar-refractivity contribution in [2.45, 2.75) is 0 Å². The third-order valence-electron chi connectivity index (χ3n) is 0.0745. The Balaban J connectivity index is 0. The van der Waals surface area contributed by atoms with Gasteiger partial charge < -0.3 is 4.89 Å². The van der Waals surface area contributed by atoms with Gasteiger partial charge in [-0.1, -0.05) is 6.58 Å². The van der Waals surface area contributed by atoms with E-state index >= 15 is 0 Å². The molecule has 0 atom stereocenters. The Morgan fingerprint density at radius 2 is 2.00 bits per heavy atom. The number of rotatable bonds is 1. The van der Waals surface area contributed by atoms with Crippen LogP contribution >= 0.6 is 0 Å². The molecule has 1 radical (unpaired) electrons. The Morgan fingerprint density at radius 3 is 2.00 bits per heavy atom. The molecule has 0 aliphatic carbocycles. The van der Waals surface area contributed by atoms with E-state index in [-0.39, 0.29) is 5.48 Å². The van der Waals surface area contributed by atoms with Crippen molar-refractivity contribution in [3.05, 3.63) is 12.8 Å². The highest BCUT2D eigenvalue weighted by Crippen LogP contribution is 1.51. The minimum atomic E-state index is 0. The Kier molecular flexibility index (Phi) is 17.3. The SMILES string of the molecule is C=COO.[OH]. The molecular formula is C2H5O3. The molecule has 0 aromatic rings. The molecule has 0 aromatic carbocycles. The van der Waals surface area contributed by atoms with E-state index in [9.17, 15) is 0 Å². The summed E-state index contributed by atoms with van der Waals surface area (Å²) in [5, 5.41) is 7.26. The van der Waals surface area contributed by atoms with Crippen LogP contribution in [0.2, 0.25) is 0 Å². The first-order valence-electron chi connectivity index (χ1n) is 0.827. The average molecular weight is 77.1 g/mol. The zero-order valence-corrected chi connectivity index (χ0v) is 2.59. The van der Waals surface area contributed by atoms with Gasteiger partial charge in [0.15, 0.2) is 0 Å². The van der Waals surface area contributed by atoms with E-state index in [0.29, 0.717) is 0 Å². The summed E-state index contributed by atoms with van der Waals surface area (Å²) in [6, 6.07) is 0. The highest BCUT2D eigenvalue weighted by atomic mass is 17.1. The second-order valence-corrected chi connectivity index (χ2v) is 0.272. The molecule has 0 saturated heterocycles. The van der Waals surface area contributed by atoms with Crippen molar-refractivity contribution >= 4 is 0 Å². The third-order valence-corrected chi connectivity index (χ3v) is 0.0745. The fourth-order valence-electron chi connectivity index (χ4n) is 0. The smallest absolute Gasteiger partial charge is 0.122 e. The van der Waals surface area contributed by atoms with Gasteiger partial charge in [-0.2, -0.15) is 0 Å². The zero-order valence-electron chi connectivity index (χ0n) is 2.59. The monoisotopic (exact) mass is 77.0 g/mol. The summed E-state index contributed by atoms with van der Waals surface area (Å²) in [6.45, 7) is 3.01. The van der Waals surface area contributed by atoms with Crippen molar-refractivity contribution in [2.24, 2.45) is 0 Å². The van der Waals surface area contributed by atoms with Crippen LogP contribution in [-0.2, 0) is 4.89 Å². The standard InChI is InChI=1S/C2H4O2.HO/c1-2-4-3;/h2-3H,1H2;1H. The van der Waals surface area contributed by atoms with Gasteiger partial charge in [0.25, 0.3) is 0 Å². The van der Waals surface area contributed by atoms with E-state index in [0.717, 1.165) is 6.26 Å². The van der Waals surface area contributed by atoms with Crippen LogP contribution in [0.5, 0.6) is 0 Å². The number of hydrogen-bond acceptors (Lipinski definition) is 2. The highest BCUT2D eigenvalue weighted by Gasteiger charge is 1.38. The molecule has 0 amide bonds. The Hall–Kier alpha value is -0.540. The fraction of sp³-hybridized carbons (Fsp3) is 0. The van der Waals surface area contributed by atoms with Crippen LogP contribution in [-0.4, -0.2) is 10.7 Å². The van der Waals surface area contributed by atoms with Crippen molar-refractivity contribution < 1.29 is 15.6 Å². The summed E-state index contributed by atoms with van der Waals surface area (Å²) in [6.07, 6.45) is 0.931. The number of hydrogen-bond donors (Lipinski definition) is 2. The molecular weight excluding hydrogens is 72.0 g/mol. The van der Waals surface area contributed by atoms with Gasteiger partial charge in [0.05, 0.1) is 0 Å². The lowest BCUT2D eigenvalue weighted by atomic mass is 11.2. The quantitative estimate of drug-likeness (QED) is 0.271. The maximum absolute atomic E-state index is 7.26. The van der Waals surface area contributed by atoms with Gasteiger partial charge in [-0.15, -0.1) is 0 Å². The van der Waals surface area contributed by atoms with Crippen LogP contribution in [0.4, 0.5) is 0 Å². The first kappa shape index (κ1) is 8.82. The molecule has 0 spiro atoms. The molecule has 0 saturated carbocycles. The van der Waals surface area contributed by atoms with Gasteiger partial charge in [0.2, 0.25) is 0 Å². The van der Waals surface area contributed by atoms with Crippen LogP contribution in [0.15, 0.2) is 12.8 Å². The summed E-state index contributed by atoms with van der Waals surface area (Å²) in [5.74, 6) is 0. The van der Waals surface area contributed by atoms with E-state index < -0.39 is 0 Å². The Labute approximate surface area is 29.7 Å². The molecule has 0 aliphatic rings. The van der Waals surface area contributed by atoms with Gasteiger partial charge in [0.1, 0.15) is 6.26 Å². The van der Waals surface area contributed by atoms with Crippen molar-refractivity contribution in [3.8, 4) is 0 Å². The lowest BCUT2D eigenvalue weighted by molar-refractivity contribution is -0.186. The molecule has 0 aromatic heterocycles. The van der Waals surface area contributed by atoms with Crippen LogP contribution in [0.25, 0.3) is 0 Å². The molecule has 0 aliphatic heterocycles. The van der Waals surface area contributed by atoms with Crippen molar-refractivity contribution in [2.75, 3.05) is 0 Å². The average Bonchev–Trinajstić information content (AvgIpc) is 1.37. The lowest BCUT2D eigenvalue weighted by Crippen LogP contribution is -1.56. The van der Waals surface area contributed by atoms with E-state index in [1.54, 1.807) is 0 Å². The molecule has 0 unspecified atom stereocenters. The molecule has 0 bridgehead atoms. The fourth-order valence-corrected chi connectivity index (χ4v) is 0. The summed E-state index contributed by atoms with van der Waals surface area (Å²) in [4.78, 5) is 3.31. The van der Waals surface area contributed by atoms with E-state index in [1.165, 1.54) is 0 Å². The Bertz CT molecular complexity index is 18.9. The normalized spacial score (nSPS) is 4.20. The van der Waals surface area contributed by atoms with Crippen molar-refractivity contribution in [1.82, 2.24) is 0 Å². The zero-order chi connectivity index (χ0) is 3.41. The van der Waals surface area contributed by atoms with Crippen LogP contribution < -0.4 is 0 Å². The first-order valence-corrected chi connectivity index (χ1v) is 0.827. The molecule has 5 heavy (non-hydrogen) atoms. The summed E-state index contributed by atoms with van der Waals surface area (Å²) < 4.78 is 0. The van der Waals surface area contributed by atoms with Crippen LogP contribution in [0, 0.1) is 0 Å². The van der Waals surface area contributed by atoms with Gasteiger partial charge in [-0.3, -0.25) is 5.48 Å². The van der Waals surface area contributed by atoms with Crippen LogP contribution in [0.1, 0.15) is 0 Å². The minimum absolute atomic E-state index is 0. The molecule has 3 heteroatoms. The second-order valence-electron chi connectivity index (χ2n) is 0.272.